The van der Waals surface area contributed by atoms with E-state index in [1.807, 2.05) is 0 Å². The molecule has 0 aromatic rings. The molecule has 0 aromatic carbocycles. The van der Waals surface area contributed by atoms with Crippen molar-refractivity contribution in [3.63, 3.8) is 0 Å². The molecule has 0 aromatic heterocycles. The monoisotopic (exact) mass is 211 g/mol. The highest BCUT2D eigenvalue weighted by atomic mass is 16.5. The number of unbranched alkanes of at least 4 members (excludes halogenated alkanes) is 2. The predicted molar refractivity (Wildman–Crippen MR) is 51.7 cm³/mol. The van der Waals surface area contributed by atoms with Crippen LogP contribution in [-0.2, 0) is 19.1 Å². The van der Waals surface area contributed by atoms with Crippen LogP contribution in [0.3, 0.4) is 0 Å². The highest BCUT2D eigenvalue weighted by Gasteiger charge is 2.21. The summed E-state index contributed by atoms with van der Waals surface area (Å²) < 4.78 is 4.51. The van der Waals surface area contributed by atoms with Gasteiger partial charge in [0.25, 0.3) is 18.3 Å². The maximum Gasteiger partial charge on any atom is 0.293 e. The first-order valence-electron chi connectivity index (χ1n) is 4.84. The summed E-state index contributed by atoms with van der Waals surface area (Å²) in [5.74, 6) is -0.492. The Hall–Kier alpha value is -1.65. The van der Waals surface area contributed by atoms with Gasteiger partial charge in [0.05, 0.1) is 6.61 Å². The minimum Gasteiger partial charge on any atom is -0.468 e. The van der Waals surface area contributed by atoms with Gasteiger partial charge in [-0.2, -0.15) is 0 Å². The topological polar surface area (TPSA) is 63.7 Å². The Morgan fingerprint density at radius 3 is 2.40 bits per heavy atom. The van der Waals surface area contributed by atoms with E-state index in [9.17, 15) is 14.4 Å². The molecule has 0 N–H and O–H groups in total. The maximum atomic E-state index is 11.1. The second-order valence-electron chi connectivity index (χ2n) is 3.19. The minimum atomic E-state index is -0.246. The molecule has 15 heavy (non-hydrogen) atoms. The fourth-order valence-electron chi connectivity index (χ4n) is 1.33. The lowest BCUT2D eigenvalue weighted by Gasteiger charge is -2.12. The standard InChI is InChI=1S/C10H13NO4/c12-8-15-7-3-1-2-6-11-9(13)4-5-10(11)14/h4-5,8H,1-3,6-7H2. The average Bonchev–Trinajstić information content (AvgIpc) is 2.54. The van der Waals surface area contributed by atoms with E-state index >= 15 is 0 Å². The second kappa shape index (κ2) is 5.95. The van der Waals surface area contributed by atoms with Crippen molar-refractivity contribution in [3.8, 4) is 0 Å². The Bertz CT molecular complexity index is 267. The molecule has 1 heterocycles. The molecule has 1 aliphatic rings. The molecule has 0 saturated carbocycles. The number of rotatable bonds is 7. The number of amides is 2. The van der Waals surface area contributed by atoms with Crippen LogP contribution in [0, 0.1) is 0 Å². The number of nitrogens with zero attached hydrogens (tertiary/aromatic N) is 1. The number of hydrogen-bond donors (Lipinski definition) is 0. The summed E-state index contributed by atoms with van der Waals surface area (Å²) in [5, 5.41) is 0. The molecule has 2 amide bonds. The van der Waals surface area contributed by atoms with Crippen molar-refractivity contribution in [1.82, 2.24) is 4.90 Å². The van der Waals surface area contributed by atoms with Gasteiger partial charge >= 0.3 is 0 Å². The molecular weight excluding hydrogens is 198 g/mol. The van der Waals surface area contributed by atoms with Gasteiger partial charge in [0.15, 0.2) is 0 Å². The van der Waals surface area contributed by atoms with Crippen LogP contribution in [0.5, 0.6) is 0 Å². The van der Waals surface area contributed by atoms with Crippen molar-refractivity contribution in [1.29, 1.82) is 0 Å². The van der Waals surface area contributed by atoms with Crippen LogP contribution < -0.4 is 0 Å². The van der Waals surface area contributed by atoms with Crippen LogP contribution in [0.4, 0.5) is 0 Å². The SMILES string of the molecule is O=COCCCCCN1C(=O)C=CC1=O. The van der Waals surface area contributed by atoms with E-state index in [2.05, 4.69) is 4.74 Å². The Balaban J connectivity index is 2.08. The molecule has 1 rings (SSSR count). The summed E-state index contributed by atoms with van der Waals surface area (Å²) >= 11 is 0. The van der Waals surface area contributed by atoms with E-state index in [4.69, 9.17) is 0 Å². The van der Waals surface area contributed by atoms with Gasteiger partial charge in [-0.25, -0.2) is 0 Å². The van der Waals surface area contributed by atoms with Gasteiger partial charge in [0.1, 0.15) is 0 Å². The summed E-state index contributed by atoms with van der Waals surface area (Å²) in [6.07, 6.45) is 4.87. The summed E-state index contributed by atoms with van der Waals surface area (Å²) in [7, 11) is 0. The zero-order valence-corrected chi connectivity index (χ0v) is 8.35. The third kappa shape index (κ3) is 3.53. The molecule has 0 saturated heterocycles. The average molecular weight is 211 g/mol. The molecule has 0 aliphatic carbocycles. The van der Waals surface area contributed by atoms with E-state index in [-0.39, 0.29) is 11.8 Å². The zero-order chi connectivity index (χ0) is 11.1. The van der Waals surface area contributed by atoms with Crippen molar-refractivity contribution in [3.05, 3.63) is 12.2 Å². The van der Waals surface area contributed by atoms with Crippen molar-refractivity contribution in [2.75, 3.05) is 13.2 Å². The van der Waals surface area contributed by atoms with Crippen LogP contribution >= 0.6 is 0 Å². The van der Waals surface area contributed by atoms with Crippen LogP contribution in [-0.4, -0.2) is 36.3 Å². The van der Waals surface area contributed by atoms with Gasteiger partial charge in [0.2, 0.25) is 0 Å². The number of ether oxygens (including phenoxy) is 1. The molecule has 0 fully saturated rings. The number of imide groups is 1. The van der Waals surface area contributed by atoms with E-state index in [1.165, 1.54) is 17.1 Å². The first-order valence-corrected chi connectivity index (χ1v) is 4.84. The van der Waals surface area contributed by atoms with Gasteiger partial charge in [0, 0.05) is 18.7 Å². The third-order valence-corrected chi connectivity index (χ3v) is 2.11. The summed E-state index contributed by atoms with van der Waals surface area (Å²) in [6, 6.07) is 0. The highest BCUT2D eigenvalue weighted by Crippen LogP contribution is 2.06. The summed E-state index contributed by atoms with van der Waals surface area (Å²) in [4.78, 5) is 33.2. The molecule has 0 bridgehead atoms. The lowest BCUT2D eigenvalue weighted by Crippen LogP contribution is -2.30. The number of hydrogen-bond acceptors (Lipinski definition) is 4. The molecule has 0 radical (unpaired) electrons. The van der Waals surface area contributed by atoms with Gasteiger partial charge in [-0.05, 0) is 19.3 Å². The van der Waals surface area contributed by atoms with Gasteiger partial charge in [-0.1, -0.05) is 0 Å². The lowest BCUT2D eigenvalue weighted by molar-refractivity contribution is -0.136. The fraction of sp³-hybridized carbons (Fsp3) is 0.500. The van der Waals surface area contributed by atoms with Gasteiger partial charge in [-0.3, -0.25) is 19.3 Å². The molecule has 0 spiro atoms. The Labute approximate surface area is 87.7 Å². The first kappa shape index (κ1) is 11.4. The van der Waals surface area contributed by atoms with Crippen molar-refractivity contribution < 1.29 is 19.1 Å². The molecule has 5 heteroatoms. The first-order chi connectivity index (χ1) is 7.25. The Kier molecular flexibility index (Phi) is 4.53. The molecular formula is C10H13NO4. The molecule has 1 aliphatic heterocycles. The van der Waals surface area contributed by atoms with Crippen molar-refractivity contribution >= 4 is 18.3 Å². The van der Waals surface area contributed by atoms with E-state index in [1.54, 1.807) is 0 Å². The Morgan fingerprint density at radius 2 is 1.80 bits per heavy atom. The summed E-state index contributed by atoms with van der Waals surface area (Å²) in [5.41, 5.74) is 0. The minimum absolute atomic E-state index is 0.246. The largest absolute Gasteiger partial charge is 0.468 e. The molecule has 82 valence electrons. The van der Waals surface area contributed by atoms with Gasteiger partial charge < -0.3 is 4.74 Å². The van der Waals surface area contributed by atoms with E-state index < -0.39 is 0 Å². The predicted octanol–water partition coefficient (Wildman–Crippen LogP) is 0.255. The maximum absolute atomic E-state index is 11.1. The normalized spacial score (nSPS) is 14.8. The van der Waals surface area contributed by atoms with Crippen LogP contribution in [0.15, 0.2) is 12.2 Å². The van der Waals surface area contributed by atoms with Crippen LogP contribution in [0.1, 0.15) is 19.3 Å². The molecule has 0 atom stereocenters. The van der Waals surface area contributed by atoms with Crippen molar-refractivity contribution in [2.24, 2.45) is 0 Å². The summed E-state index contributed by atoms with van der Waals surface area (Å²) in [6.45, 7) is 1.24. The van der Waals surface area contributed by atoms with E-state index in [0.717, 1.165) is 19.3 Å². The zero-order valence-electron chi connectivity index (χ0n) is 8.35. The highest BCUT2D eigenvalue weighted by molar-refractivity contribution is 6.12. The smallest absolute Gasteiger partial charge is 0.293 e. The van der Waals surface area contributed by atoms with E-state index in [0.29, 0.717) is 19.6 Å². The van der Waals surface area contributed by atoms with Crippen LogP contribution in [0.25, 0.3) is 0 Å². The number of carbonyl (C=O) groups excluding carboxylic acids is 3. The Morgan fingerprint density at radius 1 is 1.13 bits per heavy atom. The van der Waals surface area contributed by atoms with Crippen LogP contribution in [0.2, 0.25) is 0 Å². The third-order valence-electron chi connectivity index (χ3n) is 2.11. The fourth-order valence-corrected chi connectivity index (χ4v) is 1.33. The number of carbonyl (C=O) groups is 3. The quantitative estimate of drug-likeness (QED) is 0.344. The molecule has 5 nitrogen and oxygen atoms in total. The van der Waals surface area contributed by atoms with Gasteiger partial charge in [-0.15, -0.1) is 0 Å². The lowest BCUT2D eigenvalue weighted by atomic mass is 10.2. The second-order valence-corrected chi connectivity index (χ2v) is 3.19. The molecule has 0 unspecified atom stereocenters. The van der Waals surface area contributed by atoms with Crippen molar-refractivity contribution in [2.45, 2.75) is 19.3 Å².